The number of nitrogens with zero attached hydrogens (tertiary/aromatic N) is 1. The monoisotopic (exact) mass is 292 g/mol. The lowest BCUT2D eigenvalue weighted by Crippen LogP contribution is -2.37. The normalized spacial score (nSPS) is 10.4. The molecule has 2 rings (SSSR count). The molecule has 5 nitrogen and oxygen atoms in total. The predicted octanol–water partition coefficient (Wildman–Crippen LogP) is 2.52. The number of aliphatic carboxylic acids is 1. The molecule has 1 heterocycles. The number of carboxylic acids is 1. The maximum atomic E-state index is 11.8. The van der Waals surface area contributed by atoms with Gasteiger partial charge in [-0.3, -0.25) is 4.79 Å². The van der Waals surface area contributed by atoms with E-state index in [1.54, 1.807) is 18.4 Å². The molecule has 0 aliphatic rings. The first-order chi connectivity index (χ1) is 9.58. The summed E-state index contributed by atoms with van der Waals surface area (Å²) in [6.07, 6.45) is -0.0503. The van der Waals surface area contributed by atoms with Gasteiger partial charge in [-0.05, 0) is 22.4 Å². The molecule has 106 valence electrons. The summed E-state index contributed by atoms with van der Waals surface area (Å²) in [6.45, 7) is 0.645. The van der Waals surface area contributed by atoms with Crippen LogP contribution in [-0.2, 0) is 11.3 Å². The minimum atomic E-state index is -0.909. The molecule has 0 bridgehead atoms. The van der Waals surface area contributed by atoms with Gasteiger partial charge in [0.25, 0.3) is 0 Å². The Bertz CT molecular complexity index is 624. The topological polar surface area (TPSA) is 69.6 Å². The van der Waals surface area contributed by atoms with Gasteiger partial charge in [0.1, 0.15) is 0 Å². The molecular weight excluding hydrogens is 276 g/mol. The molecule has 1 aromatic heterocycles. The van der Waals surface area contributed by atoms with Crippen LogP contribution in [0.25, 0.3) is 10.1 Å². The molecule has 0 aliphatic carbocycles. The van der Waals surface area contributed by atoms with Crippen molar-refractivity contribution in [2.45, 2.75) is 13.0 Å². The molecule has 0 unspecified atom stereocenters. The molecule has 0 fully saturated rings. The van der Waals surface area contributed by atoms with E-state index in [4.69, 9.17) is 5.11 Å². The molecule has 0 saturated heterocycles. The van der Waals surface area contributed by atoms with Crippen molar-refractivity contribution in [1.82, 2.24) is 10.2 Å². The average Bonchev–Trinajstić information content (AvgIpc) is 2.85. The minimum absolute atomic E-state index is 0.0503. The molecule has 2 N–H and O–H groups in total. The van der Waals surface area contributed by atoms with Crippen LogP contribution in [0, 0.1) is 0 Å². The van der Waals surface area contributed by atoms with Gasteiger partial charge in [0.05, 0.1) is 6.42 Å². The molecule has 1 aromatic carbocycles. The number of rotatable bonds is 5. The van der Waals surface area contributed by atoms with E-state index in [1.807, 2.05) is 29.6 Å². The predicted molar refractivity (Wildman–Crippen MR) is 78.9 cm³/mol. The largest absolute Gasteiger partial charge is 0.481 e. The van der Waals surface area contributed by atoms with Gasteiger partial charge in [-0.15, -0.1) is 11.3 Å². The quantitative estimate of drug-likeness (QED) is 0.889. The lowest BCUT2D eigenvalue weighted by molar-refractivity contribution is -0.137. The Morgan fingerprint density at radius 2 is 2.10 bits per heavy atom. The van der Waals surface area contributed by atoms with E-state index in [2.05, 4.69) is 5.32 Å². The zero-order valence-corrected chi connectivity index (χ0v) is 11.9. The van der Waals surface area contributed by atoms with Gasteiger partial charge >= 0.3 is 12.0 Å². The van der Waals surface area contributed by atoms with E-state index in [0.717, 1.165) is 10.9 Å². The summed E-state index contributed by atoms with van der Waals surface area (Å²) >= 11 is 1.65. The third-order valence-electron chi connectivity index (χ3n) is 3.00. The first-order valence-electron chi connectivity index (χ1n) is 6.24. The van der Waals surface area contributed by atoms with Crippen LogP contribution in [0.5, 0.6) is 0 Å². The highest BCUT2D eigenvalue weighted by molar-refractivity contribution is 7.17. The number of carbonyl (C=O) groups is 2. The van der Waals surface area contributed by atoms with Crippen LogP contribution in [0.4, 0.5) is 4.79 Å². The van der Waals surface area contributed by atoms with Gasteiger partial charge in [-0.1, -0.05) is 18.2 Å². The van der Waals surface area contributed by atoms with Crippen molar-refractivity contribution in [2.75, 3.05) is 13.6 Å². The Labute approximate surface area is 120 Å². The second-order valence-corrected chi connectivity index (χ2v) is 5.39. The number of amides is 2. The Hall–Kier alpha value is -2.08. The summed E-state index contributed by atoms with van der Waals surface area (Å²) in [4.78, 5) is 23.7. The van der Waals surface area contributed by atoms with Gasteiger partial charge in [-0.25, -0.2) is 4.79 Å². The Morgan fingerprint density at radius 3 is 2.85 bits per heavy atom. The summed E-state index contributed by atoms with van der Waals surface area (Å²) in [5.74, 6) is -0.909. The molecule has 6 heteroatoms. The van der Waals surface area contributed by atoms with Crippen LogP contribution in [0.15, 0.2) is 29.6 Å². The maximum absolute atomic E-state index is 11.8. The van der Waals surface area contributed by atoms with Crippen LogP contribution in [0.1, 0.15) is 12.0 Å². The number of urea groups is 1. The van der Waals surface area contributed by atoms with E-state index < -0.39 is 5.97 Å². The van der Waals surface area contributed by atoms with Crippen LogP contribution in [0.3, 0.4) is 0 Å². The molecule has 20 heavy (non-hydrogen) atoms. The van der Waals surface area contributed by atoms with Crippen LogP contribution in [-0.4, -0.2) is 35.6 Å². The molecule has 0 radical (unpaired) electrons. The number of carbonyl (C=O) groups excluding carboxylic acids is 1. The molecular formula is C14H16N2O3S. The van der Waals surface area contributed by atoms with E-state index in [-0.39, 0.29) is 19.0 Å². The van der Waals surface area contributed by atoms with Crippen molar-refractivity contribution in [3.63, 3.8) is 0 Å². The van der Waals surface area contributed by atoms with Gasteiger partial charge in [-0.2, -0.15) is 0 Å². The van der Waals surface area contributed by atoms with E-state index in [9.17, 15) is 9.59 Å². The Balaban J connectivity index is 1.91. The van der Waals surface area contributed by atoms with Crippen molar-refractivity contribution < 1.29 is 14.7 Å². The zero-order valence-electron chi connectivity index (χ0n) is 11.1. The van der Waals surface area contributed by atoms with Crippen LogP contribution in [0.2, 0.25) is 0 Å². The minimum Gasteiger partial charge on any atom is -0.481 e. The third-order valence-corrected chi connectivity index (χ3v) is 4.01. The highest BCUT2D eigenvalue weighted by atomic mass is 32.1. The molecule has 0 spiro atoms. The standard InChI is InChI=1S/C14H16N2O3S/c1-16(7-6-13(17)18)14(19)15-8-10-9-20-12-5-3-2-4-11(10)12/h2-5,9H,6-8H2,1H3,(H,15,19)(H,17,18). The summed E-state index contributed by atoms with van der Waals surface area (Å²) in [5, 5.41) is 14.6. The van der Waals surface area contributed by atoms with Crippen molar-refractivity contribution in [3.05, 3.63) is 35.2 Å². The second kappa shape index (κ2) is 6.38. The van der Waals surface area contributed by atoms with Crippen molar-refractivity contribution in [3.8, 4) is 0 Å². The smallest absolute Gasteiger partial charge is 0.317 e. The van der Waals surface area contributed by atoms with Gasteiger partial charge in [0, 0.05) is 24.8 Å². The second-order valence-electron chi connectivity index (χ2n) is 4.48. The molecule has 0 aliphatic heterocycles. The summed E-state index contributed by atoms with van der Waals surface area (Å²) in [6, 6.07) is 7.77. The van der Waals surface area contributed by atoms with Crippen molar-refractivity contribution in [1.29, 1.82) is 0 Å². The van der Waals surface area contributed by atoms with Gasteiger partial charge in [0.15, 0.2) is 0 Å². The Kier molecular flexibility index (Phi) is 4.57. The highest BCUT2D eigenvalue weighted by Gasteiger charge is 2.10. The first-order valence-corrected chi connectivity index (χ1v) is 7.12. The maximum Gasteiger partial charge on any atom is 0.317 e. The number of thiophene rings is 1. The fraction of sp³-hybridized carbons (Fsp3) is 0.286. The molecule has 0 atom stereocenters. The summed E-state index contributed by atoms with van der Waals surface area (Å²) < 4.78 is 1.19. The zero-order chi connectivity index (χ0) is 14.5. The number of fused-ring (bicyclic) bond motifs is 1. The summed E-state index contributed by atoms with van der Waals surface area (Å²) in [5.41, 5.74) is 1.07. The average molecular weight is 292 g/mol. The number of carboxylic acid groups (broad SMARTS) is 1. The van der Waals surface area contributed by atoms with Crippen molar-refractivity contribution >= 4 is 33.4 Å². The molecule has 2 aromatic rings. The fourth-order valence-electron chi connectivity index (χ4n) is 1.84. The van der Waals surface area contributed by atoms with Crippen LogP contribution >= 0.6 is 11.3 Å². The SMILES string of the molecule is CN(CCC(=O)O)C(=O)NCc1csc2ccccc12. The van der Waals surface area contributed by atoms with Gasteiger partial charge < -0.3 is 15.3 Å². The lowest BCUT2D eigenvalue weighted by Gasteiger charge is -2.16. The van der Waals surface area contributed by atoms with Crippen molar-refractivity contribution in [2.24, 2.45) is 0 Å². The van der Waals surface area contributed by atoms with E-state index in [1.165, 1.54) is 9.60 Å². The van der Waals surface area contributed by atoms with Crippen LogP contribution < -0.4 is 5.32 Å². The fourth-order valence-corrected chi connectivity index (χ4v) is 2.80. The summed E-state index contributed by atoms with van der Waals surface area (Å²) in [7, 11) is 1.59. The third kappa shape index (κ3) is 3.48. The molecule has 2 amide bonds. The number of hydrogen-bond donors (Lipinski definition) is 2. The lowest BCUT2D eigenvalue weighted by atomic mass is 10.2. The van der Waals surface area contributed by atoms with E-state index in [0.29, 0.717) is 6.54 Å². The highest BCUT2D eigenvalue weighted by Crippen LogP contribution is 2.25. The number of benzene rings is 1. The first kappa shape index (κ1) is 14.3. The number of hydrogen-bond acceptors (Lipinski definition) is 3. The van der Waals surface area contributed by atoms with E-state index >= 15 is 0 Å². The Morgan fingerprint density at radius 1 is 1.35 bits per heavy atom. The molecule has 0 saturated carbocycles. The van der Waals surface area contributed by atoms with Gasteiger partial charge in [0.2, 0.25) is 0 Å². The number of nitrogens with one attached hydrogen (secondary N) is 1.